The van der Waals surface area contributed by atoms with Crippen molar-refractivity contribution in [1.29, 1.82) is 5.26 Å². The summed E-state index contributed by atoms with van der Waals surface area (Å²) in [7, 11) is 0. The fourth-order valence-corrected chi connectivity index (χ4v) is 5.03. The van der Waals surface area contributed by atoms with Crippen LogP contribution < -0.4 is 10.5 Å². The topological polar surface area (TPSA) is 106 Å². The first-order valence-corrected chi connectivity index (χ1v) is 11.5. The van der Waals surface area contributed by atoms with Crippen LogP contribution in [0.4, 0.5) is 0 Å². The van der Waals surface area contributed by atoms with Crippen LogP contribution in [-0.4, -0.2) is 20.0 Å². The molecule has 0 unspecified atom stereocenters. The Balaban J connectivity index is 1.63. The zero-order valence-corrected chi connectivity index (χ0v) is 18.7. The van der Waals surface area contributed by atoms with Gasteiger partial charge in [0.05, 0.1) is 33.4 Å². The van der Waals surface area contributed by atoms with E-state index in [1.807, 2.05) is 89.1 Å². The van der Waals surface area contributed by atoms with Crippen LogP contribution in [0.15, 0.2) is 95.8 Å². The highest BCUT2D eigenvalue weighted by molar-refractivity contribution is 7.13. The third-order valence-electron chi connectivity index (χ3n) is 5.83. The molecule has 0 amide bonds. The Hall–Kier alpha value is -4.61. The molecule has 0 saturated carbocycles. The number of ether oxygens (including phenoxy) is 1. The van der Waals surface area contributed by atoms with Crippen molar-refractivity contribution >= 4 is 11.3 Å². The summed E-state index contributed by atoms with van der Waals surface area (Å²) in [5.74, 6) is -0.0793. The van der Waals surface area contributed by atoms with E-state index in [0.717, 1.165) is 38.6 Å². The molecule has 34 heavy (non-hydrogen) atoms. The van der Waals surface area contributed by atoms with Gasteiger partial charge in [-0.05, 0) is 23.6 Å². The highest BCUT2D eigenvalue weighted by Gasteiger charge is 2.38. The van der Waals surface area contributed by atoms with Gasteiger partial charge in [-0.2, -0.15) is 10.4 Å². The lowest BCUT2D eigenvalue weighted by Crippen LogP contribution is -2.21. The van der Waals surface area contributed by atoms with Crippen molar-refractivity contribution in [3.8, 4) is 39.5 Å². The SMILES string of the molecule is N#CC1=C(N)Oc2n[nH]c(-c3cccs3)c2[C@@H]1c1cn(-c2ccccc2)nc1-c1ccccc1. The van der Waals surface area contributed by atoms with Crippen molar-refractivity contribution in [3.05, 3.63) is 107 Å². The van der Waals surface area contributed by atoms with Crippen LogP contribution in [0.2, 0.25) is 0 Å². The second-order valence-electron chi connectivity index (χ2n) is 7.80. The fraction of sp³-hybridized carbons (Fsp3) is 0.0385. The van der Waals surface area contributed by atoms with E-state index in [1.165, 1.54) is 0 Å². The third kappa shape index (κ3) is 3.18. The number of benzene rings is 2. The molecule has 1 atom stereocenters. The number of nitrogens with zero attached hydrogens (tertiary/aromatic N) is 4. The molecule has 5 aromatic rings. The van der Waals surface area contributed by atoms with E-state index in [2.05, 4.69) is 16.3 Å². The molecule has 4 heterocycles. The van der Waals surface area contributed by atoms with Gasteiger partial charge in [0.2, 0.25) is 11.8 Å². The monoisotopic (exact) mass is 462 g/mol. The molecule has 2 aromatic carbocycles. The summed E-state index contributed by atoms with van der Waals surface area (Å²) < 4.78 is 7.61. The highest BCUT2D eigenvalue weighted by atomic mass is 32.1. The zero-order chi connectivity index (χ0) is 23.1. The van der Waals surface area contributed by atoms with Crippen molar-refractivity contribution in [1.82, 2.24) is 20.0 Å². The smallest absolute Gasteiger partial charge is 0.244 e. The Labute approximate surface area is 199 Å². The van der Waals surface area contributed by atoms with E-state index >= 15 is 0 Å². The Morgan fingerprint density at radius 1 is 1.03 bits per heavy atom. The number of H-pyrrole nitrogens is 1. The van der Waals surface area contributed by atoms with Crippen LogP contribution >= 0.6 is 11.3 Å². The van der Waals surface area contributed by atoms with Crippen LogP contribution in [0.3, 0.4) is 0 Å². The van der Waals surface area contributed by atoms with E-state index in [4.69, 9.17) is 15.6 Å². The molecule has 3 aromatic heterocycles. The quantitative estimate of drug-likeness (QED) is 0.381. The minimum atomic E-state index is -0.503. The molecule has 1 aliphatic rings. The summed E-state index contributed by atoms with van der Waals surface area (Å²) in [6, 6.07) is 26.1. The molecule has 8 heteroatoms. The first kappa shape index (κ1) is 20.0. The van der Waals surface area contributed by atoms with Gasteiger partial charge in [-0.3, -0.25) is 5.10 Å². The number of nitriles is 1. The number of nitrogens with one attached hydrogen (secondary N) is 1. The molecule has 1 aliphatic heterocycles. The molecule has 7 nitrogen and oxygen atoms in total. The van der Waals surface area contributed by atoms with E-state index in [1.54, 1.807) is 11.3 Å². The van der Waals surface area contributed by atoms with Gasteiger partial charge in [0.25, 0.3) is 0 Å². The number of allylic oxidation sites excluding steroid dienone is 1. The molecule has 0 aliphatic carbocycles. The molecular weight excluding hydrogens is 444 g/mol. The predicted molar refractivity (Wildman–Crippen MR) is 130 cm³/mol. The van der Waals surface area contributed by atoms with Crippen LogP contribution in [0, 0.1) is 11.3 Å². The molecule has 0 bridgehead atoms. The molecule has 0 fully saturated rings. The first-order valence-electron chi connectivity index (χ1n) is 10.6. The molecule has 0 saturated heterocycles. The van der Waals surface area contributed by atoms with Crippen LogP contribution in [-0.2, 0) is 0 Å². The van der Waals surface area contributed by atoms with Crippen molar-refractivity contribution in [3.63, 3.8) is 0 Å². The molecule has 3 N–H and O–H groups in total. The summed E-state index contributed by atoms with van der Waals surface area (Å²) in [5.41, 5.74) is 11.6. The van der Waals surface area contributed by atoms with Gasteiger partial charge >= 0.3 is 0 Å². The van der Waals surface area contributed by atoms with Gasteiger partial charge in [-0.15, -0.1) is 16.4 Å². The Bertz CT molecular complexity index is 1540. The average molecular weight is 463 g/mol. The van der Waals surface area contributed by atoms with Crippen LogP contribution in [0.5, 0.6) is 5.88 Å². The average Bonchev–Trinajstić information content (AvgIpc) is 3.64. The number of nitrogens with two attached hydrogens (primary N) is 1. The maximum absolute atomic E-state index is 10.1. The standard InChI is InChI=1S/C26H18N6OS/c27-14-18-21(22-24(20-12-7-13-34-20)29-30-26(22)33-25(18)28)19-15-32(17-10-5-2-6-11-17)31-23(19)16-8-3-1-4-9-16/h1-13,15,21H,28H2,(H,29,30)/t21-/m0/s1. The summed E-state index contributed by atoms with van der Waals surface area (Å²) >= 11 is 1.59. The van der Waals surface area contributed by atoms with Gasteiger partial charge in [-0.1, -0.05) is 54.6 Å². The van der Waals surface area contributed by atoms with Gasteiger partial charge in [0.1, 0.15) is 11.6 Å². The zero-order valence-electron chi connectivity index (χ0n) is 17.8. The van der Waals surface area contributed by atoms with Gasteiger partial charge in [-0.25, -0.2) is 4.68 Å². The molecule has 6 rings (SSSR count). The highest BCUT2D eigenvalue weighted by Crippen LogP contribution is 2.48. The number of thiophene rings is 1. The lowest BCUT2D eigenvalue weighted by atomic mass is 9.83. The molecule has 164 valence electrons. The van der Waals surface area contributed by atoms with Crippen molar-refractivity contribution < 1.29 is 4.74 Å². The summed E-state index contributed by atoms with van der Waals surface area (Å²) in [4.78, 5) is 0.997. The normalized spacial score (nSPS) is 15.0. The van der Waals surface area contributed by atoms with Crippen LogP contribution in [0.1, 0.15) is 17.0 Å². The number of aromatic nitrogens is 4. The van der Waals surface area contributed by atoms with Gasteiger partial charge in [0.15, 0.2) is 0 Å². The van der Waals surface area contributed by atoms with E-state index < -0.39 is 5.92 Å². The van der Waals surface area contributed by atoms with Crippen LogP contribution in [0.25, 0.3) is 27.5 Å². The van der Waals surface area contributed by atoms with Crippen molar-refractivity contribution in [2.45, 2.75) is 5.92 Å². The lowest BCUT2D eigenvalue weighted by molar-refractivity contribution is 0.379. The minimum absolute atomic E-state index is 0.0516. The Morgan fingerprint density at radius 2 is 1.79 bits per heavy atom. The number of hydrogen-bond acceptors (Lipinski definition) is 6. The summed E-state index contributed by atoms with van der Waals surface area (Å²) in [5, 5.41) is 24.6. The van der Waals surface area contributed by atoms with Crippen molar-refractivity contribution in [2.24, 2.45) is 5.73 Å². The maximum atomic E-state index is 10.1. The Morgan fingerprint density at radius 3 is 2.50 bits per heavy atom. The number of aromatic amines is 1. The van der Waals surface area contributed by atoms with E-state index in [0.29, 0.717) is 11.5 Å². The molecule has 0 radical (unpaired) electrons. The number of para-hydroxylation sites is 1. The van der Waals surface area contributed by atoms with Gasteiger partial charge < -0.3 is 10.5 Å². The summed E-state index contributed by atoms with van der Waals surface area (Å²) in [6.07, 6.45) is 1.97. The second-order valence-corrected chi connectivity index (χ2v) is 8.75. The fourth-order valence-electron chi connectivity index (χ4n) is 4.30. The van der Waals surface area contributed by atoms with E-state index in [9.17, 15) is 5.26 Å². The van der Waals surface area contributed by atoms with E-state index in [-0.39, 0.29) is 5.88 Å². The van der Waals surface area contributed by atoms with Gasteiger partial charge in [0, 0.05) is 17.3 Å². The first-order chi connectivity index (χ1) is 16.7. The number of rotatable bonds is 4. The second kappa shape index (κ2) is 8.06. The number of fused-ring (bicyclic) bond motifs is 1. The predicted octanol–water partition coefficient (Wildman–Crippen LogP) is 5.21. The summed E-state index contributed by atoms with van der Waals surface area (Å²) in [6.45, 7) is 0. The maximum Gasteiger partial charge on any atom is 0.244 e. The molecular formula is C26H18N6OS. The largest absolute Gasteiger partial charge is 0.420 e. The third-order valence-corrected chi connectivity index (χ3v) is 6.72. The molecule has 0 spiro atoms. The number of hydrogen-bond donors (Lipinski definition) is 2. The van der Waals surface area contributed by atoms with Crippen molar-refractivity contribution in [2.75, 3.05) is 0 Å². The minimum Gasteiger partial charge on any atom is -0.420 e. The Kier molecular flexibility index (Phi) is 4.75. The lowest BCUT2D eigenvalue weighted by Gasteiger charge is -2.23.